The zero-order chi connectivity index (χ0) is 27.3. The van der Waals surface area contributed by atoms with Gasteiger partial charge in [-0.25, -0.2) is 9.36 Å². The van der Waals surface area contributed by atoms with Gasteiger partial charge in [0.2, 0.25) is 0 Å². The van der Waals surface area contributed by atoms with Crippen LogP contribution < -0.4 is 26.6 Å². The zero-order valence-electron chi connectivity index (χ0n) is 20.2. The van der Waals surface area contributed by atoms with Crippen molar-refractivity contribution in [3.8, 4) is 11.4 Å². The van der Waals surface area contributed by atoms with Gasteiger partial charge in [0.15, 0.2) is 0 Å². The fraction of sp³-hybridized carbons (Fsp3) is 0.280. The fourth-order valence-corrected chi connectivity index (χ4v) is 4.12. The van der Waals surface area contributed by atoms with Crippen molar-refractivity contribution >= 4 is 17.6 Å². The summed E-state index contributed by atoms with van der Waals surface area (Å²) in [5, 5.41) is 3.73. The molecule has 4 rings (SSSR count). The van der Waals surface area contributed by atoms with Gasteiger partial charge < -0.3 is 15.4 Å². The molecule has 1 aromatic heterocycles. The monoisotopic (exact) mass is 516 g/mol. The summed E-state index contributed by atoms with van der Waals surface area (Å²) in [5.41, 5.74) is -7.01. The van der Waals surface area contributed by atoms with Crippen LogP contribution in [0.5, 0.6) is 5.75 Å². The van der Waals surface area contributed by atoms with Gasteiger partial charge in [0.05, 0.1) is 12.8 Å². The number of methoxy groups -OCH3 is 1. The molecule has 0 aliphatic carbocycles. The van der Waals surface area contributed by atoms with Gasteiger partial charge in [-0.2, -0.15) is 13.2 Å². The van der Waals surface area contributed by atoms with Crippen LogP contribution in [0.2, 0.25) is 0 Å². The summed E-state index contributed by atoms with van der Waals surface area (Å²) in [4.78, 5) is 53.2. The average Bonchev–Trinajstić information content (AvgIpc) is 3.12. The Morgan fingerprint density at radius 2 is 1.57 bits per heavy atom. The number of H-pyrrole nitrogens is 1. The highest BCUT2D eigenvalue weighted by Crippen LogP contribution is 2.45. The van der Waals surface area contributed by atoms with Gasteiger partial charge in [-0.1, -0.05) is 32.9 Å². The van der Waals surface area contributed by atoms with E-state index < -0.39 is 46.2 Å². The number of carbonyl (C=O) groups excluding carboxylic acids is 2. The first-order chi connectivity index (χ1) is 17.2. The first-order valence-corrected chi connectivity index (χ1v) is 11.1. The minimum absolute atomic E-state index is 0.0423. The van der Waals surface area contributed by atoms with Gasteiger partial charge in [0.1, 0.15) is 17.1 Å². The Hall–Kier alpha value is -4.35. The van der Waals surface area contributed by atoms with E-state index in [4.69, 9.17) is 4.74 Å². The maximum Gasteiger partial charge on any atom is 0.425 e. The smallest absolute Gasteiger partial charge is 0.425 e. The number of amides is 2. The molecular weight excluding hydrogens is 493 g/mol. The Morgan fingerprint density at radius 1 is 0.973 bits per heavy atom. The molecule has 0 fully saturated rings. The Labute approximate surface area is 208 Å². The second-order valence-corrected chi connectivity index (χ2v) is 9.50. The molecule has 194 valence electrons. The fourth-order valence-electron chi connectivity index (χ4n) is 4.12. The van der Waals surface area contributed by atoms with E-state index >= 15 is 0 Å². The minimum Gasteiger partial charge on any atom is -0.497 e. The molecule has 0 bridgehead atoms. The number of nitrogens with one attached hydrogen (secondary N) is 3. The van der Waals surface area contributed by atoms with E-state index in [0.29, 0.717) is 10.3 Å². The molecule has 9 nitrogen and oxygen atoms in total. The van der Waals surface area contributed by atoms with Crippen LogP contribution in [0.25, 0.3) is 5.69 Å². The Kier molecular flexibility index (Phi) is 6.01. The van der Waals surface area contributed by atoms with Gasteiger partial charge in [-0.05, 0) is 47.4 Å². The van der Waals surface area contributed by atoms with E-state index in [2.05, 4.69) is 0 Å². The van der Waals surface area contributed by atoms with Gasteiger partial charge in [0.25, 0.3) is 22.9 Å². The molecule has 0 spiro atoms. The third-order valence-corrected chi connectivity index (χ3v) is 6.13. The molecule has 1 aliphatic heterocycles. The Bertz CT molecular complexity index is 1500. The number of aromatic amines is 1. The number of anilines is 1. The summed E-state index contributed by atoms with van der Waals surface area (Å²) in [6, 6.07) is 11.4. The molecule has 12 heteroatoms. The predicted molar refractivity (Wildman–Crippen MR) is 128 cm³/mol. The molecule has 0 unspecified atom stereocenters. The SMILES string of the molecule is COc1ccc(-n2c3c(c(=O)[nH]c2=O)[C@@](NC(=O)c2ccc(C(C)(C)C)cc2)(C(F)(F)F)C(=O)N3)cc1. The molecule has 2 aromatic carbocycles. The number of halogens is 3. The quantitative estimate of drug-likeness (QED) is 0.492. The number of rotatable bonds is 4. The molecule has 1 aliphatic rings. The maximum absolute atomic E-state index is 14.6. The molecule has 0 radical (unpaired) electrons. The molecule has 2 amide bonds. The lowest BCUT2D eigenvalue weighted by molar-refractivity contribution is -0.196. The zero-order valence-corrected chi connectivity index (χ0v) is 20.2. The summed E-state index contributed by atoms with van der Waals surface area (Å²) in [7, 11) is 1.40. The van der Waals surface area contributed by atoms with Crippen LogP contribution in [-0.2, 0) is 15.7 Å². The number of fused-ring (bicyclic) bond motifs is 1. The van der Waals surface area contributed by atoms with Crippen LogP contribution >= 0.6 is 0 Å². The second-order valence-electron chi connectivity index (χ2n) is 9.50. The minimum atomic E-state index is -5.45. The van der Waals surface area contributed by atoms with E-state index in [1.807, 2.05) is 31.1 Å². The number of carbonyl (C=O) groups is 2. The summed E-state index contributed by atoms with van der Waals surface area (Å²) >= 11 is 0. The van der Waals surface area contributed by atoms with E-state index in [1.54, 1.807) is 17.4 Å². The van der Waals surface area contributed by atoms with Crippen molar-refractivity contribution in [3.05, 3.63) is 86.1 Å². The Morgan fingerprint density at radius 3 is 2.08 bits per heavy atom. The van der Waals surface area contributed by atoms with Crippen LogP contribution in [0.15, 0.2) is 58.1 Å². The number of benzene rings is 2. The van der Waals surface area contributed by atoms with E-state index in [9.17, 15) is 32.3 Å². The number of nitrogens with zero attached hydrogens (tertiary/aromatic N) is 1. The lowest BCUT2D eigenvalue weighted by Crippen LogP contribution is -2.62. The summed E-state index contributed by atoms with van der Waals surface area (Å²) in [5.74, 6) is -3.27. The van der Waals surface area contributed by atoms with Gasteiger partial charge >= 0.3 is 11.9 Å². The number of ether oxygens (including phenoxy) is 1. The Balaban J connectivity index is 1.88. The van der Waals surface area contributed by atoms with E-state index in [-0.39, 0.29) is 16.7 Å². The summed E-state index contributed by atoms with van der Waals surface area (Å²) < 4.78 is 49.6. The highest BCUT2D eigenvalue weighted by molar-refractivity contribution is 6.09. The third-order valence-electron chi connectivity index (χ3n) is 6.13. The summed E-state index contributed by atoms with van der Waals surface area (Å²) in [6.07, 6.45) is -5.45. The molecule has 2 heterocycles. The van der Waals surface area contributed by atoms with E-state index in [0.717, 1.165) is 5.56 Å². The number of hydrogen-bond acceptors (Lipinski definition) is 5. The van der Waals surface area contributed by atoms with Crippen molar-refractivity contribution in [2.24, 2.45) is 0 Å². The lowest BCUT2D eigenvalue weighted by Gasteiger charge is -2.30. The van der Waals surface area contributed by atoms with Gasteiger partial charge in [-0.15, -0.1) is 0 Å². The lowest BCUT2D eigenvalue weighted by atomic mass is 9.86. The number of alkyl halides is 3. The number of hydrogen-bond donors (Lipinski definition) is 3. The normalized spacial score (nSPS) is 17.2. The molecule has 3 aromatic rings. The molecular formula is C25H23F3N4O5. The van der Waals surface area contributed by atoms with Crippen molar-refractivity contribution in [1.82, 2.24) is 14.9 Å². The summed E-state index contributed by atoms with van der Waals surface area (Å²) in [6.45, 7) is 5.78. The molecule has 37 heavy (non-hydrogen) atoms. The van der Waals surface area contributed by atoms with Crippen LogP contribution in [0.4, 0.5) is 19.0 Å². The van der Waals surface area contributed by atoms with Crippen molar-refractivity contribution in [1.29, 1.82) is 0 Å². The standard InChI is InChI=1S/C25H23F3N4O5/c1-23(2,3)14-7-5-13(6-8-14)19(33)31-24(25(26,27)28)17-18(29-21(24)35)32(22(36)30-20(17)34)15-9-11-16(37-4)12-10-15/h5-12H,1-4H3,(H,29,35)(H,31,33)(H,30,34,36)/t24-/m0/s1. The van der Waals surface area contributed by atoms with Crippen LogP contribution in [0.3, 0.4) is 0 Å². The van der Waals surface area contributed by atoms with Crippen LogP contribution in [-0.4, -0.2) is 34.7 Å². The van der Waals surface area contributed by atoms with Crippen molar-refractivity contribution in [2.75, 3.05) is 12.4 Å². The molecule has 1 atom stereocenters. The third kappa shape index (κ3) is 4.17. The first-order valence-electron chi connectivity index (χ1n) is 11.1. The molecule has 0 saturated heterocycles. The number of aromatic nitrogens is 2. The largest absolute Gasteiger partial charge is 0.497 e. The van der Waals surface area contributed by atoms with E-state index in [1.165, 1.54) is 43.5 Å². The predicted octanol–water partition coefficient (Wildman–Crippen LogP) is 2.97. The molecule has 3 N–H and O–H groups in total. The van der Waals surface area contributed by atoms with Crippen molar-refractivity contribution < 1.29 is 27.5 Å². The van der Waals surface area contributed by atoms with Crippen molar-refractivity contribution in [2.45, 2.75) is 37.9 Å². The first kappa shape index (κ1) is 25.7. The maximum atomic E-state index is 14.6. The van der Waals surface area contributed by atoms with Crippen LogP contribution in [0, 0.1) is 0 Å². The van der Waals surface area contributed by atoms with Crippen LogP contribution in [0.1, 0.15) is 42.3 Å². The van der Waals surface area contributed by atoms with Gasteiger partial charge in [-0.3, -0.25) is 19.4 Å². The highest BCUT2D eigenvalue weighted by atomic mass is 19.4. The highest BCUT2D eigenvalue weighted by Gasteiger charge is 2.68. The average molecular weight is 516 g/mol. The second kappa shape index (κ2) is 8.64. The topological polar surface area (TPSA) is 122 Å². The molecule has 0 saturated carbocycles. The van der Waals surface area contributed by atoms with Crippen molar-refractivity contribution in [3.63, 3.8) is 0 Å². The van der Waals surface area contributed by atoms with Gasteiger partial charge in [0, 0.05) is 5.56 Å².